The standard InChI is InChI=1S/C76H139NO10/c1-4-7-10-13-16-19-22-24-26-28-30-32-34-36-37-39-41-43-45-48-51-54-57-60-63-69(80)75(84)77-67(68(79)62-59-56-53-50-47-21-18-15-12-9-6-3)66-85-76-74(73(83)72(82)70(65-78)86-76)87-71(81)64-61-58-55-52-49-46-44-42-40-38-35-33-31-29-27-25-23-20-17-14-11-8-5-2/h17,20,24-27,31,33,59,62,67-70,72-74,76,78-80,82-83H,4-16,18-19,21-23,28-30,32,34-58,60-61,63-66H2,1-3H3,(H,77,84)/b20-17-,26-24+,27-25-,33-31-,62-59+. The SMILES string of the molecule is CCCCC/C=C\C/C=C\C/C=C\CCCCCCCCCCCCC(=O)OC1C(OCC(NC(=O)C(O)CCCCCCCCCCCCCCCC/C=C/CCCCCCCC)C(O)/C=C/CCCCCCCCCCC)OC(CO)C(O)C1O. The Morgan fingerprint density at radius 2 is 0.793 bits per heavy atom. The maximum Gasteiger partial charge on any atom is 0.306 e. The van der Waals surface area contributed by atoms with Crippen LogP contribution in [0.2, 0.25) is 0 Å². The minimum Gasteiger partial charge on any atom is -0.454 e. The molecule has 0 aliphatic carbocycles. The van der Waals surface area contributed by atoms with Gasteiger partial charge in [0.2, 0.25) is 5.91 Å². The van der Waals surface area contributed by atoms with Gasteiger partial charge < -0.3 is 45.1 Å². The molecule has 1 rings (SSSR count). The van der Waals surface area contributed by atoms with Gasteiger partial charge in [-0.25, -0.2) is 0 Å². The van der Waals surface area contributed by atoms with E-state index in [0.717, 1.165) is 77.0 Å². The summed E-state index contributed by atoms with van der Waals surface area (Å²) in [5.74, 6) is -1.19. The van der Waals surface area contributed by atoms with Crippen LogP contribution in [0.5, 0.6) is 0 Å². The maximum absolute atomic E-state index is 13.5. The number of rotatable bonds is 64. The zero-order chi connectivity index (χ0) is 63.1. The molecule has 8 atom stereocenters. The van der Waals surface area contributed by atoms with Gasteiger partial charge in [-0.3, -0.25) is 9.59 Å². The first-order valence-electron chi connectivity index (χ1n) is 37.1. The number of esters is 1. The molecule has 8 unspecified atom stereocenters. The summed E-state index contributed by atoms with van der Waals surface area (Å²) in [4.78, 5) is 26.7. The normalized spacial score (nSPS) is 18.6. The lowest BCUT2D eigenvalue weighted by molar-refractivity contribution is -0.305. The number of ether oxygens (including phenoxy) is 3. The number of aliphatic hydroxyl groups excluding tert-OH is 5. The van der Waals surface area contributed by atoms with Gasteiger partial charge in [-0.2, -0.15) is 0 Å². The number of hydrogen-bond donors (Lipinski definition) is 6. The number of carbonyl (C=O) groups excluding carboxylic acids is 2. The van der Waals surface area contributed by atoms with Crippen LogP contribution in [-0.2, 0) is 23.8 Å². The van der Waals surface area contributed by atoms with E-state index in [1.807, 2.05) is 6.08 Å². The molecule has 11 heteroatoms. The number of unbranched alkanes of at least 4 members (excludes halogenated alkanes) is 42. The van der Waals surface area contributed by atoms with E-state index in [4.69, 9.17) is 14.2 Å². The van der Waals surface area contributed by atoms with Crippen molar-refractivity contribution in [2.75, 3.05) is 13.2 Å². The summed E-state index contributed by atoms with van der Waals surface area (Å²) in [7, 11) is 0. The largest absolute Gasteiger partial charge is 0.454 e. The van der Waals surface area contributed by atoms with Crippen LogP contribution >= 0.6 is 0 Å². The Balaban J connectivity index is 2.53. The third-order valence-electron chi connectivity index (χ3n) is 17.4. The molecule has 6 N–H and O–H groups in total. The fourth-order valence-corrected chi connectivity index (χ4v) is 11.5. The van der Waals surface area contributed by atoms with Gasteiger partial charge in [-0.1, -0.05) is 313 Å². The first kappa shape index (κ1) is 82.4. The van der Waals surface area contributed by atoms with Crippen molar-refractivity contribution in [1.82, 2.24) is 5.32 Å². The van der Waals surface area contributed by atoms with Crippen LogP contribution < -0.4 is 5.32 Å². The van der Waals surface area contributed by atoms with Crippen LogP contribution in [-0.4, -0.2) is 99.6 Å². The lowest BCUT2D eigenvalue weighted by Gasteiger charge is -2.41. The second-order valence-corrected chi connectivity index (χ2v) is 25.7. The topological polar surface area (TPSA) is 175 Å². The predicted octanol–water partition coefficient (Wildman–Crippen LogP) is 19.3. The molecule has 1 heterocycles. The third kappa shape index (κ3) is 50.7. The van der Waals surface area contributed by atoms with Gasteiger partial charge in [0, 0.05) is 6.42 Å². The molecule has 0 saturated carbocycles. The van der Waals surface area contributed by atoms with E-state index in [1.54, 1.807) is 6.08 Å². The molecule has 0 radical (unpaired) electrons. The average Bonchev–Trinajstić information content (AvgIpc) is 2.93. The number of aliphatic hydroxyl groups is 5. The van der Waals surface area contributed by atoms with Crippen molar-refractivity contribution in [2.45, 2.75) is 397 Å². The second-order valence-electron chi connectivity index (χ2n) is 25.7. The van der Waals surface area contributed by atoms with Gasteiger partial charge in [0.25, 0.3) is 0 Å². The number of amides is 1. The van der Waals surface area contributed by atoms with Gasteiger partial charge in [-0.05, 0) is 89.9 Å². The quantitative estimate of drug-likeness (QED) is 0.0195. The summed E-state index contributed by atoms with van der Waals surface area (Å²) in [5.41, 5.74) is 0. The highest BCUT2D eigenvalue weighted by molar-refractivity contribution is 5.80. The van der Waals surface area contributed by atoms with Crippen LogP contribution in [0, 0.1) is 0 Å². The van der Waals surface area contributed by atoms with Crippen molar-refractivity contribution >= 4 is 11.9 Å². The molecular weight excluding hydrogens is 1090 g/mol. The Morgan fingerprint density at radius 3 is 1.22 bits per heavy atom. The lowest BCUT2D eigenvalue weighted by atomic mass is 9.99. The van der Waals surface area contributed by atoms with Gasteiger partial charge in [0.1, 0.15) is 24.4 Å². The van der Waals surface area contributed by atoms with Gasteiger partial charge in [0.05, 0.1) is 25.4 Å². The molecule has 1 amide bonds. The maximum atomic E-state index is 13.5. The Labute approximate surface area is 535 Å². The molecular formula is C76H139NO10. The summed E-state index contributed by atoms with van der Waals surface area (Å²) < 4.78 is 17.7. The van der Waals surface area contributed by atoms with Crippen LogP contribution in [0.15, 0.2) is 60.8 Å². The van der Waals surface area contributed by atoms with Crippen LogP contribution in [0.1, 0.15) is 348 Å². The molecule has 0 aromatic rings. The lowest BCUT2D eigenvalue weighted by Crippen LogP contribution is -2.61. The van der Waals surface area contributed by atoms with Crippen molar-refractivity contribution < 1.29 is 49.3 Å². The molecule has 1 saturated heterocycles. The molecule has 1 aliphatic rings. The Bertz CT molecular complexity index is 1650. The van der Waals surface area contributed by atoms with Crippen LogP contribution in [0.3, 0.4) is 0 Å². The van der Waals surface area contributed by atoms with Crippen LogP contribution in [0.25, 0.3) is 0 Å². The number of allylic oxidation sites excluding steroid dienone is 9. The van der Waals surface area contributed by atoms with Crippen molar-refractivity contribution in [3.63, 3.8) is 0 Å². The first-order valence-corrected chi connectivity index (χ1v) is 37.1. The molecule has 1 aliphatic heterocycles. The molecule has 87 heavy (non-hydrogen) atoms. The molecule has 11 nitrogen and oxygen atoms in total. The molecule has 0 bridgehead atoms. The fraction of sp³-hybridized carbons (Fsp3) is 0.842. The van der Waals surface area contributed by atoms with Crippen molar-refractivity contribution in [3.05, 3.63) is 60.8 Å². The smallest absolute Gasteiger partial charge is 0.306 e. The molecule has 0 aromatic carbocycles. The summed E-state index contributed by atoms with van der Waals surface area (Å²) in [5, 5.41) is 57.3. The number of nitrogens with one attached hydrogen (secondary N) is 1. The molecule has 0 aromatic heterocycles. The second kappa shape index (κ2) is 63.5. The summed E-state index contributed by atoms with van der Waals surface area (Å²) in [6.45, 7) is 5.80. The zero-order valence-corrected chi connectivity index (χ0v) is 56.6. The summed E-state index contributed by atoms with van der Waals surface area (Å²) >= 11 is 0. The predicted molar refractivity (Wildman–Crippen MR) is 366 cm³/mol. The third-order valence-corrected chi connectivity index (χ3v) is 17.4. The number of carbonyl (C=O) groups is 2. The van der Waals surface area contributed by atoms with Crippen molar-refractivity contribution in [1.29, 1.82) is 0 Å². The van der Waals surface area contributed by atoms with E-state index in [-0.39, 0.29) is 13.0 Å². The molecule has 1 fully saturated rings. The highest BCUT2D eigenvalue weighted by Gasteiger charge is 2.47. The Hall–Kier alpha value is -2.64. The first-order chi connectivity index (χ1) is 42.7. The van der Waals surface area contributed by atoms with Gasteiger partial charge in [-0.15, -0.1) is 0 Å². The minimum atomic E-state index is -1.62. The van der Waals surface area contributed by atoms with E-state index in [2.05, 4.69) is 74.7 Å². The highest BCUT2D eigenvalue weighted by Crippen LogP contribution is 2.26. The summed E-state index contributed by atoms with van der Waals surface area (Å²) in [6.07, 6.45) is 71.2. The van der Waals surface area contributed by atoms with E-state index in [0.29, 0.717) is 19.3 Å². The molecule has 0 spiro atoms. The monoisotopic (exact) mass is 1230 g/mol. The number of hydrogen-bond acceptors (Lipinski definition) is 10. The average molecular weight is 1230 g/mol. The minimum absolute atomic E-state index is 0.119. The highest BCUT2D eigenvalue weighted by atomic mass is 16.7. The summed E-state index contributed by atoms with van der Waals surface area (Å²) in [6, 6.07) is -1.03. The molecule has 508 valence electrons. The van der Waals surface area contributed by atoms with Crippen molar-refractivity contribution in [2.24, 2.45) is 0 Å². The van der Waals surface area contributed by atoms with E-state index >= 15 is 0 Å². The van der Waals surface area contributed by atoms with Gasteiger partial charge in [0.15, 0.2) is 12.4 Å². The Morgan fingerprint density at radius 1 is 0.448 bits per heavy atom. The Kier molecular flexibility index (Phi) is 60.1. The van der Waals surface area contributed by atoms with E-state index < -0.39 is 67.4 Å². The van der Waals surface area contributed by atoms with E-state index in [9.17, 15) is 35.1 Å². The zero-order valence-electron chi connectivity index (χ0n) is 56.6. The fourth-order valence-electron chi connectivity index (χ4n) is 11.5. The van der Waals surface area contributed by atoms with E-state index in [1.165, 1.54) is 225 Å². The van der Waals surface area contributed by atoms with Crippen molar-refractivity contribution in [3.8, 4) is 0 Å². The van der Waals surface area contributed by atoms with Crippen LogP contribution in [0.4, 0.5) is 0 Å². The van der Waals surface area contributed by atoms with Gasteiger partial charge >= 0.3 is 5.97 Å².